The van der Waals surface area contributed by atoms with E-state index in [0.29, 0.717) is 17.9 Å². The molecule has 0 heterocycles. The molecule has 16 heavy (non-hydrogen) atoms. The van der Waals surface area contributed by atoms with Gasteiger partial charge in [-0.3, -0.25) is 4.79 Å². The van der Waals surface area contributed by atoms with Crippen LogP contribution in [-0.2, 0) is 0 Å². The van der Waals surface area contributed by atoms with Gasteiger partial charge in [0, 0.05) is 9.80 Å². The molecule has 1 rings (SSSR count). The van der Waals surface area contributed by atoms with Crippen molar-refractivity contribution in [1.29, 1.82) is 0 Å². The topological polar surface area (TPSA) is 26.3 Å². The number of rotatable bonds is 6. The molecule has 0 aliphatic rings. The molecule has 0 saturated heterocycles. The molecule has 0 atom stereocenters. The fraction of sp³-hybridized carbons (Fsp3) is 0.364. The predicted octanol–water partition coefficient (Wildman–Crippen LogP) is 4.58. The van der Waals surface area contributed by atoms with Crippen molar-refractivity contribution in [3.05, 3.63) is 26.6 Å². The lowest BCUT2D eigenvalue weighted by molar-refractivity contribution is 0.111. The van der Waals surface area contributed by atoms with Crippen LogP contribution in [0.15, 0.2) is 21.1 Å². The van der Waals surface area contributed by atoms with Crippen LogP contribution in [0.2, 0.25) is 0 Å². The number of carbonyl (C=O) groups excluding carboxylic acids is 1. The molecular weight excluding hydrogens is 404 g/mol. The average molecular weight is 415 g/mol. The number of hydrogen-bond donors (Lipinski definition) is 0. The first-order valence-corrected chi connectivity index (χ1v) is 7.52. The normalized spacial score (nSPS) is 10.2. The van der Waals surface area contributed by atoms with Crippen LogP contribution in [0.4, 0.5) is 0 Å². The minimum Gasteiger partial charge on any atom is -0.492 e. The van der Waals surface area contributed by atoms with Gasteiger partial charge in [-0.1, -0.05) is 31.9 Å². The standard InChI is InChI=1S/C11H11Br3O2/c12-3-1-2-4-16-11-8(7-15)5-9(13)6-10(11)14/h5-7H,1-4H2. The molecule has 0 saturated carbocycles. The van der Waals surface area contributed by atoms with Gasteiger partial charge >= 0.3 is 0 Å². The second-order valence-corrected chi connectivity index (χ2v) is 5.73. The Morgan fingerprint density at radius 1 is 1.25 bits per heavy atom. The van der Waals surface area contributed by atoms with E-state index in [0.717, 1.165) is 33.4 Å². The third-order valence-corrected chi connectivity index (χ3v) is 3.55. The number of benzene rings is 1. The number of halogens is 3. The molecular formula is C11H11Br3O2. The van der Waals surface area contributed by atoms with Crippen molar-refractivity contribution in [3.63, 3.8) is 0 Å². The Morgan fingerprint density at radius 2 is 2.00 bits per heavy atom. The van der Waals surface area contributed by atoms with Gasteiger partial charge in [0.1, 0.15) is 5.75 Å². The zero-order valence-electron chi connectivity index (χ0n) is 8.51. The van der Waals surface area contributed by atoms with Gasteiger partial charge in [-0.25, -0.2) is 0 Å². The van der Waals surface area contributed by atoms with Crippen molar-refractivity contribution in [2.75, 3.05) is 11.9 Å². The van der Waals surface area contributed by atoms with Gasteiger partial charge in [0.2, 0.25) is 0 Å². The molecule has 0 spiro atoms. The first-order valence-electron chi connectivity index (χ1n) is 4.82. The Morgan fingerprint density at radius 3 is 2.62 bits per heavy atom. The Bertz CT molecular complexity index is 366. The van der Waals surface area contributed by atoms with E-state index in [4.69, 9.17) is 4.74 Å². The van der Waals surface area contributed by atoms with Crippen LogP contribution in [0, 0.1) is 0 Å². The number of hydrogen-bond acceptors (Lipinski definition) is 2. The van der Waals surface area contributed by atoms with Crippen LogP contribution in [0.1, 0.15) is 23.2 Å². The first kappa shape index (κ1) is 14.2. The summed E-state index contributed by atoms with van der Waals surface area (Å²) in [5.74, 6) is 0.618. The molecule has 1 aromatic rings. The largest absolute Gasteiger partial charge is 0.492 e. The number of aldehydes is 1. The fourth-order valence-corrected chi connectivity index (χ4v) is 2.96. The fourth-order valence-electron chi connectivity index (χ4n) is 1.19. The highest BCUT2D eigenvalue weighted by Crippen LogP contribution is 2.32. The van der Waals surface area contributed by atoms with Crippen molar-refractivity contribution in [3.8, 4) is 5.75 Å². The summed E-state index contributed by atoms with van der Waals surface area (Å²) in [6.45, 7) is 0.618. The molecule has 0 aliphatic heterocycles. The van der Waals surface area contributed by atoms with Gasteiger partial charge in [-0.05, 0) is 40.9 Å². The minimum absolute atomic E-state index is 0.556. The maximum absolute atomic E-state index is 10.9. The Kier molecular flexibility index (Phi) is 6.61. The Balaban J connectivity index is 2.74. The third-order valence-electron chi connectivity index (χ3n) is 1.94. The number of alkyl halides is 1. The van der Waals surface area contributed by atoms with Gasteiger partial charge in [0.15, 0.2) is 6.29 Å². The van der Waals surface area contributed by atoms with Gasteiger partial charge in [0.05, 0.1) is 16.6 Å². The van der Waals surface area contributed by atoms with Crippen molar-refractivity contribution in [1.82, 2.24) is 0 Å². The van der Waals surface area contributed by atoms with Crippen LogP contribution >= 0.6 is 47.8 Å². The van der Waals surface area contributed by atoms with Gasteiger partial charge in [-0.15, -0.1) is 0 Å². The summed E-state index contributed by atoms with van der Waals surface area (Å²) in [6.07, 6.45) is 2.83. The van der Waals surface area contributed by atoms with Gasteiger partial charge in [0.25, 0.3) is 0 Å². The van der Waals surface area contributed by atoms with E-state index in [2.05, 4.69) is 47.8 Å². The smallest absolute Gasteiger partial charge is 0.153 e. The van der Waals surface area contributed by atoms with Crippen molar-refractivity contribution in [2.45, 2.75) is 12.8 Å². The number of unbranched alkanes of at least 4 members (excludes halogenated alkanes) is 1. The molecule has 0 fully saturated rings. The Hall–Kier alpha value is 0.130. The SMILES string of the molecule is O=Cc1cc(Br)cc(Br)c1OCCCCBr. The van der Waals surface area contributed by atoms with Crippen LogP contribution in [0.5, 0.6) is 5.75 Å². The summed E-state index contributed by atoms with van der Waals surface area (Å²) in [7, 11) is 0. The molecule has 0 N–H and O–H groups in total. The molecule has 0 amide bonds. The van der Waals surface area contributed by atoms with E-state index in [1.54, 1.807) is 6.07 Å². The maximum Gasteiger partial charge on any atom is 0.153 e. The van der Waals surface area contributed by atoms with E-state index in [1.807, 2.05) is 6.07 Å². The van der Waals surface area contributed by atoms with Gasteiger partial charge in [-0.2, -0.15) is 0 Å². The van der Waals surface area contributed by atoms with E-state index >= 15 is 0 Å². The molecule has 2 nitrogen and oxygen atoms in total. The zero-order valence-corrected chi connectivity index (χ0v) is 13.3. The first-order chi connectivity index (χ1) is 7.69. The summed E-state index contributed by atoms with van der Waals surface area (Å²) in [4.78, 5) is 10.9. The lowest BCUT2D eigenvalue weighted by Gasteiger charge is -2.10. The van der Waals surface area contributed by atoms with Crippen molar-refractivity contribution in [2.24, 2.45) is 0 Å². The van der Waals surface area contributed by atoms with Crippen LogP contribution < -0.4 is 4.74 Å². The molecule has 0 radical (unpaired) electrons. The highest BCUT2D eigenvalue weighted by Gasteiger charge is 2.09. The van der Waals surface area contributed by atoms with E-state index in [-0.39, 0.29) is 0 Å². The lowest BCUT2D eigenvalue weighted by Crippen LogP contribution is -2.01. The maximum atomic E-state index is 10.9. The number of carbonyl (C=O) groups is 1. The highest BCUT2D eigenvalue weighted by molar-refractivity contribution is 9.11. The molecule has 0 unspecified atom stereocenters. The van der Waals surface area contributed by atoms with Crippen LogP contribution in [0.25, 0.3) is 0 Å². The highest BCUT2D eigenvalue weighted by atomic mass is 79.9. The van der Waals surface area contributed by atoms with Crippen molar-refractivity contribution >= 4 is 54.1 Å². The van der Waals surface area contributed by atoms with Crippen molar-refractivity contribution < 1.29 is 9.53 Å². The minimum atomic E-state index is 0.556. The summed E-state index contributed by atoms with van der Waals surface area (Å²) in [6, 6.07) is 3.62. The third kappa shape index (κ3) is 4.18. The Labute approximate surface area is 120 Å². The summed E-state index contributed by atoms with van der Waals surface area (Å²) >= 11 is 10.1. The molecule has 88 valence electrons. The van der Waals surface area contributed by atoms with Gasteiger partial charge < -0.3 is 4.74 Å². The molecule has 0 aliphatic carbocycles. The summed E-state index contributed by atoms with van der Waals surface area (Å²) in [5.41, 5.74) is 0.556. The van der Waals surface area contributed by atoms with E-state index < -0.39 is 0 Å². The van der Waals surface area contributed by atoms with Crippen LogP contribution in [-0.4, -0.2) is 18.2 Å². The molecule has 0 aromatic heterocycles. The zero-order chi connectivity index (χ0) is 12.0. The quantitative estimate of drug-likeness (QED) is 0.387. The summed E-state index contributed by atoms with van der Waals surface area (Å²) < 4.78 is 7.25. The second-order valence-electron chi connectivity index (χ2n) is 3.17. The number of ether oxygens (including phenoxy) is 1. The molecule has 5 heteroatoms. The monoisotopic (exact) mass is 412 g/mol. The second kappa shape index (κ2) is 7.45. The summed E-state index contributed by atoms with van der Waals surface area (Å²) in [5, 5.41) is 0.971. The molecule has 0 bridgehead atoms. The molecule has 1 aromatic carbocycles. The average Bonchev–Trinajstić information content (AvgIpc) is 2.26. The van der Waals surface area contributed by atoms with E-state index in [1.165, 1.54) is 0 Å². The predicted molar refractivity (Wildman–Crippen MR) is 75.8 cm³/mol. The lowest BCUT2D eigenvalue weighted by atomic mass is 10.2. The van der Waals surface area contributed by atoms with E-state index in [9.17, 15) is 4.79 Å². The van der Waals surface area contributed by atoms with Crippen LogP contribution in [0.3, 0.4) is 0 Å².